The average Bonchev–Trinajstić information content (AvgIpc) is 2.38. The van der Waals surface area contributed by atoms with Crippen LogP contribution in [0.2, 0.25) is 0 Å². The molecule has 1 rings (SSSR count). The Kier molecular flexibility index (Phi) is 6.92. The highest BCUT2D eigenvalue weighted by atomic mass is 32.2. The van der Waals surface area contributed by atoms with Gasteiger partial charge in [0.15, 0.2) is 11.5 Å². The zero-order valence-corrected chi connectivity index (χ0v) is 12.9. The van der Waals surface area contributed by atoms with Gasteiger partial charge in [-0.1, -0.05) is 13.8 Å². The standard InChI is InChI=1S/C11H12O6S.C2H6/c1-7(12)8-4-5-10(17-18(3,14)15)9(6-8)11(13)16-2;1-2/h4-6H,1-3H3;1-2H3. The van der Waals surface area contributed by atoms with Crippen molar-refractivity contribution in [1.29, 1.82) is 0 Å². The van der Waals surface area contributed by atoms with Crippen molar-refractivity contribution in [3.8, 4) is 5.75 Å². The number of hydrogen-bond acceptors (Lipinski definition) is 6. The van der Waals surface area contributed by atoms with Crippen molar-refractivity contribution in [1.82, 2.24) is 0 Å². The molecule has 1 aromatic rings. The van der Waals surface area contributed by atoms with Crippen LogP contribution in [0.4, 0.5) is 0 Å². The minimum absolute atomic E-state index is 0.115. The minimum atomic E-state index is -3.77. The number of ketones is 1. The van der Waals surface area contributed by atoms with Gasteiger partial charge in [-0.3, -0.25) is 4.79 Å². The SMILES string of the molecule is CC.COC(=O)c1cc(C(C)=O)ccc1OS(C)(=O)=O. The van der Waals surface area contributed by atoms with Gasteiger partial charge in [0.2, 0.25) is 0 Å². The summed E-state index contributed by atoms with van der Waals surface area (Å²) in [6.45, 7) is 5.33. The second kappa shape index (κ2) is 7.64. The first-order valence-electron chi connectivity index (χ1n) is 5.87. The molecule has 0 saturated carbocycles. The molecular weight excluding hydrogens is 284 g/mol. The monoisotopic (exact) mass is 302 g/mol. The average molecular weight is 302 g/mol. The molecule has 0 aliphatic heterocycles. The van der Waals surface area contributed by atoms with Crippen LogP contribution in [0, 0.1) is 0 Å². The molecule has 0 unspecified atom stereocenters. The Morgan fingerprint density at radius 2 is 1.70 bits per heavy atom. The Hall–Kier alpha value is -1.89. The Labute approximate surface area is 118 Å². The molecule has 0 aliphatic carbocycles. The molecule has 0 heterocycles. The molecule has 0 saturated heterocycles. The largest absolute Gasteiger partial charge is 0.465 e. The number of Topliss-reactive ketones (excluding diaryl/α,β-unsaturated/α-hetero) is 1. The van der Waals surface area contributed by atoms with Gasteiger partial charge in [-0.15, -0.1) is 0 Å². The smallest absolute Gasteiger partial charge is 0.341 e. The van der Waals surface area contributed by atoms with Crippen molar-refractivity contribution in [2.24, 2.45) is 0 Å². The zero-order valence-electron chi connectivity index (χ0n) is 12.1. The third kappa shape index (κ3) is 5.40. The summed E-state index contributed by atoms with van der Waals surface area (Å²) in [6, 6.07) is 3.84. The van der Waals surface area contributed by atoms with Gasteiger partial charge in [-0.2, -0.15) is 8.42 Å². The van der Waals surface area contributed by atoms with E-state index in [-0.39, 0.29) is 22.7 Å². The van der Waals surface area contributed by atoms with Gasteiger partial charge in [-0.25, -0.2) is 4.79 Å². The maximum Gasteiger partial charge on any atom is 0.341 e. The lowest BCUT2D eigenvalue weighted by Crippen LogP contribution is -2.11. The van der Waals surface area contributed by atoms with Gasteiger partial charge in [-0.05, 0) is 25.1 Å². The van der Waals surface area contributed by atoms with Crippen LogP contribution < -0.4 is 4.18 Å². The predicted octanol–water partition coefficient (Wildman–Crippen LogP) is 2.04. The molecule has 0 amide bonds. The number of carbonyl (C=O) groups excluding carboxylic acids is 2. The summed E-state index contributed by atoms with van der Waals surface area (Å²) in [5.74, 6) is -1.21. The summed E-state index contributed by atoms with van der Waals surface area (Å²) in [4.78, 5) is 22.7. The molecule has 112 valence electrons. The lowest BCUT2D eigenvalue weighted by molar-refractivity contribution is 0.0599. The molecule has 0 spiro atoms. The lowest BCUT2D eigenvalue weighted by atomic mass is 10.1. The Bertz CT molecular complexity index is 589. The van der Waals surface area contributed by atoms with Gasteiger partial charge >= 0.3 is 16.1 Å². The van der Waals surface area contributed by atoms with Crippen LogP contribution in [0.3, 0.4) is 0 Å². The zero-order chi connectivity index (χ0) is 15.9. The molecule has 20 heavy (non-hydrogen) atoms. The summed E-state index contributed by atoms with van der Waals surface area (Å²) in [7, 11) is -2.62. The molecule has 0 atom stereocenters. The predicted molar refractivity (Wildman–Crippen MR) is 74.6 cm³/mol. The van der Waals surface area contributed by atoms with E-state index in [4.69, 9.17) is 0 Å². The number of rotatable bonds is 4. The summed E-state index contributed by atoms with van der Waals surface area (Å²) in [5.41, 5.74) is 0.145. The fourth-order valence-corrected chi connectivity index (χ4v) is 1.73. The van der Waals surface area contributed by atoms with Crippen molar-refractivity contribution < 1.29 is 26.9 Å². The highest BCUT2D eigenvalue weighted by Crippen LogP contribution is 2.22. The molecule has 0 fully saturated rings. The van der Waals surface area contributed by atoms with Gasteiger partial charge in [0.05, 0.1) is 13.4 Å². The van der Waals surface area contributed by atoms with E-state index in [2.05, 4.69) is 8.92 Å². The van der Waals surface area contributed by atoms with Gasteiger partial charge in [0.1, 0.15) is 5.56 Å². The third-order valence-corrected chi connectivity index (χ3v) is 2.51. The molecule has 0 aromatic heterocycles. The Morgan fingerprint density at radius 1 is 1.15 bits per heavy atom. The number of hydrogen-bond donors (Lipinski definition) is 0. The number of ether oxygens (including phenoxy) is 1. The van der Waals surface area contributed by atoms with E-state index in [1.54, 1.807) is 0 Å². The molecule has 7 heteroatoms. The molecule has 6 nitrogen and oxygen atoms in total. The quantitative estimate of drug-likeness (QED) is 0.480. The van der Waals surface area contributed by atoms with Crippen molar-refractivity contribution in [3.63, 3.8) is 0 Å². The highest BCUT2D eigenvalue weighted by molar-refractivity contribution is 7.86. The maximum absolute atomic E-state index is 11.5. The van der Waals surface area contributed by atoms with Gasteiger partial charge in [0.25, 0.3) is 0 Å². The lowest BCUT2D eigenvalue weighted by Gasteiger charge is -2.09. The molecule has 0 bridgehead atoms. The summed E-state index contributed by atoms with van der Waals surface area (Å²) >= 11 is 0. The number of carbonyl (C=O) groups is 2. The first-order valence-corrected chi connectivity index (χ1v) is 7.69. The second-order valence-corrected chi connectivity index (χ2v) is 5.12. The fraction of sp³-hybridized carbons (Fsp3) is 0.385. The van der Waals surface area contributed by atoms with Crippen LogP contribution >= 0.6 is 0 Å². The summed E-state index contributed by atoms with van der Waals surface area (Å²) in [5, 5.41) is 0. The minimum Gasteiger partial charge on any atom is -0.465 e. The maximum atomic E-state index is 11.5. The van der Waals surface area contributed by atoms with E-state index in [9.17, 15) is 18.0 Å². The van der Waals surface area contributed by atoms with E-state index >= 15 is 0 Å². The van der Waals surface area contributed by atoms with E-state index in [0.29, 0.717) is 0 Å². The van der Waals surface area contributed by atoms with Crippen LogP contribution in [0.15, 0.2) is 18.2 Å². The number of esters is 1. The second-order valence-electron chi connectivity index (χ2n) is 3.55. The molecule has 1 aromatic carbocycles. The van der Waals surface area contributed by atoms with Crippen LogP contribution in [0.5, 0.6) is 5.75 Å². The highest BCUT2D eigenvalue weighted by Gasteiger charge is 2.18. The first-order chi connectivity index (χ1) is 9.24. The van der Waals surface area contributed by atoms with Crippen LogP contribution in [-0.2, 0) is 14.9 Å². The molecular formula is C13H18O6S. The molecule has 0 N–H and O–H groups in total. The number of methoxy groups -OCH3 is 1. The first kappa shape index (κ1) is 18.1. The van der Waals surface area contributed by atoms with Crippen molar-refractivity contribution in [2.45, 2.75) is 20.8 Å². The normalized spacial score (nSPS) is 10.1. The Balaban J connectivity index is 0.00000172. The van der Waals surface area contributed by atoms with Crippen molar-refractivity contribution in [3.05, 3.63) is 29.3 Å². The number of benzene rings is 1. The van der Waals surface area contributed by atoms with E-state index in [0.717, 1.165) is 13.4 Å². The van der Waals surface area contributed by atoms with Gasteiger partial charge < -0.3 is 8.92 Å². The van der Waals surface area contributed by atoms with Crippen LogP contribution in [0.25, 0.3) is 0 Å². The van der Waals surface area contributed by atoms with E-state index < -0.39 is 16.1 Å². The Morgan fingerprint density at radius 3 is 2.10 bits per heavy atom. The summed E-state index contributed by atoms with van der Waals surface area (Å²) in [6.07, 6.45) is 0.854. The third-order valence-electron chi connectivity index (χ3n) is 2.03. The van der Waals surface area contributed by atoms with Gasteiger partial charge in [0, 0.05) is 5.56 Å². The molecule has 0 radical (unpaired) electrons. The topological polar surface area (TPSA) is 86.7 Å². The van der Waals surface area contributed by atoms with Crippen LogP contribution in [0.1, 0.15) is 41.5 Å². The van der Waals surface area contributed by atoms with Crippen molar-refractivity contribution in [2.75, 3.05) is 13.4 Å². The molecule has 0 aliphatic rings. The van der Waals surface area contributed by atoms with Crippen LogP contribution in [-0.4, -0.2) is 33.5 Å². The van der Waals surface area contributed by atoms with E-state index in [1.165, 1.54) is 25.1 Å². The fourth-order valence-electron chi connectivity index (χ4n) is 1.25. The summed E-state index contributed by atoms with van der Waals surface area (Å²) < 4.78 is 31.2. The van der Waals surface area contributed by atoms with E-state index in [1.807, 2.05) is 13.8 Å². The van der Waals surface area contributed by atoms with Crippen molar-refractivity contribution >= 4 is 21.9 Å².